The van der Waals surface area contributed by atoms with E-state index in [9.17, 15) is 9.50 Å². The van der Waals surface area contributed by atoms with E-state index in [1.165, 1.54) is 36.3 Å². The molecule has 1 aliphatic carbocycles. The average molecular weight is 400 g/mol. The average Bonchev–Trinajstić information content (AvgIpc) is 3.36. The zero-order chi connectivity index (χ0) is 18.9. The van der Waals surface area contributed by atoms with E-state index in [1.54, 1.807) is 0 Å². The number of ether oxygens (including phenoxy) is 2. The summed E-state index contributed by atoms with van der Waals surface area (Å²) in [7, 11) is 1.38. The van der Waals surface area contributed by atoms with Gasteiger partial charge in [0.25, 0.3) is 0 Å². The van der Waals surface area contributed by atoms with Crippen molar-refractivity contribution >= 4 is 29.1 Å². The predicted octanol–water partition coefficient (Wildman–Crippen LogP) is 3.31. The van der Waals surface area contributed by atoms with Crippen molar-refractivity contribution in [3.05, 3.63) is 40.9 Å². The molecule has 1 heterocycles. The molecule has 1 aromatic heterocycles. The fourth-order valence-corrected chi connectivity index (χ4v) is 3.49. The number of hydrogen-bond acceptors (Lipinski definition) is 6. The minimum Gasteiger partial charge on any atom is -0.460 e. The molecule has 0 saturated heterocycles. The smallest absolute Gasteiger partial charge is 0.360 e. The van der Waals surface area contributed by atoms with Gasteiger partial charge in [-0.1, -0.05) is 24.6 Å². The summed E-state index contributed by atoms with van der Waals surface area (Å²) >= 11 is 11.1. The lowest BCUT2D eigenvalue weighted by Gasteiger charge is -2.35. The number of aromatic nitrogens is 3. The number of benzene rings is 1. The molecular formula is C17H19ClFN3O3S. The number of hydrogen-bond donors (Lipinski definition) is 1. The molecule has 140 valence electrons. The molecule has 2 aromatic rings. The second kappa shape index (κ2) is 7.46. The third-order valence-electron chi connectivity index (χ3n) is 4.79. The Kier molecular flexibility index (Phi) is 5.45. The first-order valence-electron chi connectivity index (χ1n) is 8.16. The maximum Gasteiger partial charge on any atom is 0.360 e. The lowest BCUT2D eigenvalue weighted by Crippen LogP contribution is -2.40. The number of aliphatic hydroxyl groups is 1. The van der Waals surface area contributed by atoms with Gasteiger partial charge in [0, 0.05) is 22.8 Å². The molecule has 1 aliphatic rings. The molecule has 3 rings (SSSR count). The van der Waals surface area contributed by atoms with E-state index in [1.807, 2.05) is 6.92 Å². The summed E-state index contributed by atoms with van der Waals surface area (Å²) in [5.74, 6) is -0.235. The van der Waals surface area contributed by atoms with Crippen molar-refractivity contribution in [2.24, 2.45) is 11.8 Å². The Hall–Kier alpha value is -1.77. The van der Waals surface area contributed by atoms with Gasteiger partial charge >= 0.3 is 11.2 Å². The molecule has 1 N–H and O–H groups in total. The van der Waals surface area contributed by atoms with Crippen LogP contribution in [0.15, 0.2) is 24.5 Å². The van der Waals surface area contributed by atoms with Crippen LogP contribution in [0.3, 0.4) is 0 Å². The predicted molar refractivity (Wildman–Crippen MR) is 97.5 cm³/mol. The summed E-state index contributed by atoms with van der Waals surface area (Å²) in [5, 5.41) is 15.8. The number of rotatable bonds is 6. The molecule has 0 radical (unpaired) electrons. The molecule has 1 aromatic carbocycles. The molecule has 0 bridgehead atoms. The lowest BCUT2D eigenvalue weighted by molar-refractivity contribution is -0.0454. The monoisotopic (exact) mass is 399 g/mol. The largest absolute Gasteiger partial charge is 0.460 e. The van der Waals surface area contributed by atoms with Gasteiger partial charge in [0.1, 0.15) is 17.7 Å². The van der Waals surface area contributed by atoms with Crippen molar-refractivity contribution in [3.63, 3.8) is 0 Å². The first kappa shape index (κ1) is 19.0. The minimum absolute atomic E-state index is 0.0255. The molecule has 6 nitrogen and oxygen atoms in total. The summed E-state index contributed by atoms with van der Waals surface area (Å²) < 4.78 is 25.0. The van der Waals surface area contributed by atoms with Crippen LogP contribution in [0, 0.1) is 17.7 Å². The number of nitrogens with zero attached hydrogens (tertiary/aromatic N) is 3. The van der Waals surface area contributed by atoms with Crippen LogP contribution >= 0.6 is 23.8 Å². The summed E-state index contributed by atoms with van der Waals surface area (Å²) in [6, 6.07) is 4.08. The third-order valence-corrected chi connectivity index (χ3v) is 5.35. The van der Waals surface area contributed by atoms with E-state index in [0.717, 1.165) is 12.8 Å². The van der Waals surface area contributed by atoms with Gasteiger partial charge in [-0.05, 0) is 36.8 Å². The van der Waals surface area contributed by atoms with Gasteiger partial charge in [-0.3, -0.25) is 0 Å². The van der Waals surface area contributed by atoms with Crippen LogP contribution in [-0.4, -0.2) is 32.2 Å². The molecule has 26 heavy (non-hydrogen) atoms. The Bertz CT molecular complexity index is 814. The van der Waals surface area contributed by atoms with Gasteiger partial charge < -0.3 is 14.6 Å². The Labute approximate surface area is 160 Å². The maximum absolute atomic E-state index is 13.5. The molecule has 0 spiro atoms. The number of halogens is 2. The van der Waals surface area contributed by atoms with Gasteiger partial charge in [-0.25, -0.2) is 9.07 Å². The van der Waals surface area contributed by atoms with Gasteiger partial charge in [-0.15, -0.1) is 0 Å². The van der Waals surface area contributed by atoms with Crippen molar-refractivity contribution < 1.29 is 19.0 Å². The van der Waals surface area contributed by atoms with Crippen LogP contribution in [0.1, 0.15) is 25.3 Å². The summed E-state index contributed by atoms with van der Waals surface area (Å²) in [5.41, 5.74) is -0.942. The Morgan fingerprint density at radius 1 is 1.54 bits per heavy atom. The van der Waals surface area contributed by atoms with Crippen LogP contribution < -0.4 is 4.74 Å². The Morgan fingerprint density at radius 2 is 2.27 bits per heavy atom. The van der Waals surface area contributed by atoms with Gasteiger partial charge in [-0.2, -0.15) is 10.1 Å². The SMILES string of the molecule is COC(=S)Oc1ncnn1C[C@@](O)(c1ccc(F)cc1Cl)C(C)C1CC1. The first-order chi connectivity index (χ1) is 12.3. The quantitative estimate of drug-likeness (QED) is 0.751. The number of thiocarbonyl (C=S) groups is 1. The van der Waals surface area contributed by atoms with E-state index in [0.29, 0.717) is 11.5 Å². The molecular weight excluding hydrogens is 381 g/mol. The highest BCUT2D eigenvalue weighted by atomic mass is 35.5. The van der Waals surface area contributed by atoms with Gasteiger partial charge in [0.05, 0.1) is 13.7 Å². The fourth-order valence-electron chi connectivity index (χ4n) is 3.09. The minimum atomic E-state index is -1.38. The Morgan fingerprint density at radius 3 is 2.88 bits per heavy atom. The van der Waals surface area contributed by atoms with E-state index >= 15 is 0 Å². The van der Waals surface area contributed by atoms with Crippen LogP contribution in [0.25, 0.3) is 0 Å². The maximum atomic E-state index is 13.5. The first-order valence-corrected chi connectivity index (χ1v) is 8.95. The van der Waals surface area contributed by atoms with Crippen LogP contribution in [0.2, 0.25) is 5.02 Å². The molecule has 1 saturated carbocycles. The Balaban J connectivity index is 1.97. The standard InChI is InChI=1S/C17H19ClFN3O3S/c1-10(11-3-4-11)17(23,13-6-5-12(19)7-14(13)18)8-22-15(20-9-21-22)25-16(26)24-2/h5-7,9-11,23H,3-4,8H2,1-2H3/t10?,17-/m0/s1. The molecule has 9 heteroatoms. The second-order valence-electron chi connectivity index (χ2n) is 6.43. The van der Waals surface area contributed by atoms with E-state index in [-0.39, 0.29) is 28.7 Å². The van der Waals surface area contributed by atoms with Crippen molar-refractivity contribution in [2.75, 3.05) is 7.11 Å². The highest BCUT2D eigenvalue weighted by Crippen LogP contribution is 2.48. The van der Waals surface area contributed by atoms with E-state index < -0.39 is 11.4 Å². The van der Waals surface area contributed by atoms with E-state index in [2.05, 4.69) is 10.1 Å². The van der Waals surface area contributed by atoms with Crippen molar-refractivity contribution in [2.45, 2.75) is 31.9 Å². The lowest BCUT2D eigenvalue weighted by atomic mass is 9.79. The molecule has 2 atom stereocenters. The van der Waals surface area contributed by atoms with E-state index in [4.69, 9.17) is 33.3 Å². The zero-order valence-electron chi connectivity index (χ0n) is 14.4. The van der Waals surface area contributed by atoms with Gasteiger partial charge in [0.15, 0.2) is 0 Å². The van der Waals surface area contributed by atoms with Gasteiger partial charge in [0.2, 0.25) is 0 Å². The zero-order valence-corrected chi connectivity index (χ0v) is 15.9. The summed E-state index contributed by atoms with van der Waals surface area (Å²) in [6.07, 6.45) is 3.34. The normalized spacial score (nSPS) is 17.4. The third kappa shape index (κ3) is 3.82. The molecule has 0 aliphatic heterocycles. The highest BCUT2D eigenvalue weighted by molar-refractivity contribution is 7.79. The topological polar surface area (TPSA) is 69.4 Å². The van der Waals surface area contributed by atoms with Crippen LogP contribution in [0.4, 0.5) is 4.39 Å². The highest BCUT2D eigenvalue weighted by Gasteiger charge is 2.46. The molecule has 1 unspecified atom stereocenters. The van der Waals surface area contributed by atoms with Crippen LogP contribution in [-0.2, 0) is 16.9 Å². The van der Waals surface area contributed by atoms with Crippen molar-refractivity contribution in [3.8, 4) is 6.01 Å². The van der Waals surface area contributed by atoms with Crippen molar-refractivity contribution in [1.29, 1.82) is 0 Å². The second-order valence-corrected chi connectivity index (χ2v) is 7.17. The number of methoxy groups -OCH3 is 1. The fraction of sp³-hybridized carbons (Fsp3) is 0.471. The van der Waals surface area contributed by atoms with Crippen LogP contribution in [0.5, 0.6) is 6.01 Å². The molecule has 1 fully saturated rings. The summed E-state index contributed by atoms with van der Waals surface area (Å²) in [4.78, 5) is 4.00. The van der Waals surface area contributed by atoms with Crippen molar-refractivity contribution in [1.82, 2.24) is 14.8 Å². The molecule has 0 amide bonds. The summed E-state index contributed by atoms with van der Waals surface area (Å²) in [6.45, 7) is 1.98.